The van der Waals surface area contributed by atoms with Gasteiger partial charge in [0.1, 0.15) is 5.60 Å². The molecule has 0 radical (unpaired) electrons. The van der Waals surface area contributed by atoms with E-state index in [2.05, 4.69) is 5.32 Å². The maximum atomic E-state index is 12.9. The minimum atomic E-state index is -4.10. The zero-order chi connectivity index (χ0) is 18.7. The van der Waals surface area contributed by atoms with Gasteiger partial charge in [-0.1, -0.05) is 6.42 Å². The van der Waals surface area contributed by atoms with Crippen molar-refractivity contribution in [3.8, 4) is 0 Å². The number of nitrogens with zero attached hydrogens (tertiary/aromatic N) is 1. The van der Waals surface area contributed by atoms with Crippen LogP contribution in [0.5, 0.6) is 0 Å². The van der Waals surface area contributed by atoms with Crippen LogP contribution < -0.4 is 5.32 Å². The van der Waals surface area contributed by atoms with Crippen molar-refractivity contribution in [1.29, 1.82) is 0 Å². The lowest BCUT2D eigenvalue weighted by Crippen LogP contribution is -2.52. The smallest absolute Gasteiger partial charge is 0.410 e. The molecular weight excluding hydrogens is 333 g/mol. The monoisotopic (exact) mass is 364 g/mol. The molecule has 1 saturated heterocycles. The third kappa shape index (κ3) is 6.35. The molecule has 1 aliphatic carbocycles. The first-order chi connectivity index (χ1) is 11.6. The molecule has 0 aromatic heterocycles. The van der Waals surface area contributed by atoms with Gasteiger partial charge < -0.3 is 15.0 Å². The number of nitrogens with one attached hydrogen (secondary N) is 1. The SMILES string of the molecule is CC(C)(C)OC(=O)N1CCCCC1CNC1CCCC(C(F)(F)F)C1. The van der Waals surface area contributed by atoms with Crippen LogP contribution in [0.1, 0.15) is 65.7 Å². The van der Waals surface area contributed by atoms with Gasteiger partial charge >= 0.3 is 12.3 Å². The second-order valence-electron chi connectivity index (χ2n) is 8.33. The summed E-state index contributed by atoms with van der Waals surface area (Å²) in [5.41, 5.74) is -0.546. The second kappa shape index (κ2) is 8.14. The molecule has 0 aromatic carbocycles. The van der Waals surface area contributed by atoms with E-state index in [9.17, 15) is 18.0 Å². The minimum Gasteiger partial charge on any atom is -0.444 e. The average molecular weight is 364 g/mol. The summed E-state index contributed by atoms with van der Waals surface area (Å²) in [5, 5.41) is 3.29. The second-order valence-corrected chi connectivity index (χ2v) is 8.33. The fourth-order valence-electron chi connectivity index (χ4n) is 3.75. The Balaban J connectivity index is 1.88. The van der Waals surface area contributed by atoms with Crippen molar-refractivity contribution in [2.45, 2.75) is 89.6 Å². The highest BCUT2D eigenvalue weighted by molar-refractivity contribution is 5.68. The Morgan fingerprint density at radius 1 is 1.12 bits per heavy atom. The number of halogens is 3. The van der Waals surface area contributed by atoms with Crippen LogP contribution in [0.3, 0.4) is 0 Å². The van der Waals surface area contributed by atoms with Gasteiger partial charge in [0.15, 0.2) is 0 Å². The standard InChI is InChI=1S/C18H31F3N2O2/c1-17(2,3)25-16(24)23-10-5-4-9-15(23)12-22-14-8-6-7-13(11-14)18(19,20)21/h13-15,22H,4-12H2,1-3H3. The first kappa shape index (κ1) is 20.3. The molecule has 0 aromatic rings. The predicted octanol–water partition coefficient (Wildman–Crippen LogP) is 4.49. The molecule has 7 heteroatoms. The van der Waals surface area contributed by atoms with Gasteiger partial charge in [0.2, 0.25) is 0 Å². The fraction of sp³-hybridized carbons (Fsp3) is 0.944. The zero-order valence-electron chi connectivity index (χ0n) is 15.5. The summed E-state index contributed by atoms with van der Waals surface area (Å²) in [6, 6.07) is -0.127. The van der Waals surface area contributed by atoms with Crippen LogP contribution >= 0.6 is 0 Å². The summed E-state index contributed by atoms with van der Waals surface area (Å²) in [6.07, 6.45) is 0.147. The van der Waals surface area contributed by atoms with Gasteiger partial charge in [-0.05, 0) is 59.3 Å². The zero-order valence-corrected chi connectivity index (χ0v) is 15.5. The number of carbonyl (C=O) groups is 1. The highest BCUT2D eigenvalue weighted by atomic mass is 19.4. The third-order valence-electron chi connectivity index (χ3n) is 5.03. The molecule has 0 bridgehead atoms. The molecule has 1 aliphatic heterocycles. The van der Waals surface area contributed by atoms with Gasteiger partial charge in [0.25, 0.3) is 0 Å². The quantitative estimate of drug-likeness (QED) is 0.802. The molecule has 1 amide bonds. The van der Waals surface area contributed by atoms with Crippen LogP contribution in [0, 0.1) is 5.92 Å². The van der Waals surface area contributed by atoms with Crippen molar-refractivity contribution in [2.75, 3.05) is 13.1 Å². The van der Waals surface area contributed by atoms with Crippen LogP contribution in [-0.4, -0.2) is 47.9 Å². The van der Waals surface area contributed by atoms with E-state index in [4.69, 9.17) is 4.74 Å². The Morgan fingerprint density at radius 3 is 2.48 bits per heavy atom. The largest absolute Gasteiger partial charge is 0.444 e. The molecule has 2 fully saturated rings. The number of hydrogen-bond acceptors (Lipinski definition) is 3. The van der Waals surface area contributed by atoms with Crippen LogP contribution in [0.4, 0.5) is 18.0 Å². The molecule has 3 unspecified atom stereocenters. The molecule has 2 aliphatic rings. The van der Waals surface area contributed by atoms with Crippen molar-refractivity contribution in [3.63, 3.8) is 0 Å². The molecule has 1 saturated carbocycles. The number of piperidine rings is 1. The molecule has 4 nitrogen and oxygen atoms in total. The number of likely N-dealkylation sites (tertiary alicyclic amines) is 1. The van der Waals surface area contributed by atoms with Gasteiger partial charge in [0.05, 0.1) is 5.92 Å². The molecule has 25 heavy (non-hydrogen) atoms. The van der Waals surface area contributed by atoms with Gasteiger partial charge in [-0.25, -0.2) is 4.79 Å². The van der Waals surface area contributed by atoms with Crippen LogP contribution in [0.25, 0.3) is 0 Å². The first-order valence-electron chi connectivity index (χ1n) is 9.36. The summed E-state index contributed by atoms with van der Waals surface area (Å²) >= 11 is 0. The highest BCUT2D eigenvalue weighted by Crippen LogP contribution is 2.37. The molecular formula is C18H31F3N2O2. The molecule has 1 heterocycles. The number of hydrogen-bond donors (Lipinski definition) is 1. The number of alkyl halides is 3. The van der Waals surface area contributed by atoms with E-state index in [1.165, 1.54) is 0 Å². The third-order valence-corrected chi connectivity index (χ3v) is 5.03. The summed E-state index contributed by atoms with van der Waals surface area (Å²) in [4.78, 5) is 14.1. The van der Waals surface area contributed by atoms with E-state index in [1.54, 1.807) is 4.90 Å². The molecule has 3 atom stereocenters. The van der Waals surface area contributed by atoms with E-state index in [0.29, 0.717) is 19.5 Å². The molecule has 2 rings (SSSR count). The Morgan fingerprint density at radius 2 is 1.84 bits per heavy atom. The Labute approximate surface area is 148 Å². The minimum absolute atomic E-state index is 0.00476. The molecule has 146 valence electrons. The van der Waals surface area contributed by atoms with Gasteiger partial charge in [0, 0.05) is 25.2 Å². The summed E-state index contributed by atoms with van der Waals surface area (Å²) in [6.45, 7) is 6.69. The van der Waals surface area contributed by atoms with E-state index >= 15 is 0 Å². The van der Waals surface area contributed by atoms with Crippen molar-refractivity contribution in [2.24, 2.45) is 5.92 Å². The maximum absolute atomic E-state index is 12.9. The average Bonchev–Trinajstić information content (AvgIpc) is 2.51. The first-order valence-corrected chi connectivity index (χ1v) is 9.36. The number of ether oxygens (including phenoxy) is 1. The van der Waals surface area contributed by atoms with Crippen LogP contribution in [0.15, 0.2) is 0 Å². The van der Waals surface area contributed by atoms with E-state index in [-0.39, 0.29) is 31.0 Å². The fourth-order valence-corrected chi connectivity index (χ4v) is 3.75. The van der Waals surface area contributed by atoms with E-state index < -0.39 is 17.7 Å². The van der Waals surface area contributed by atoms with Crippen LogP contribution in [-0.2, 0) is 4.74 Å². The lowest BCUT2D eigenvalue weighted by Gasteiger charge is -2.38. The number of rotatable bonds is 3. The summed E-state index contributed by atoms with van der Waals surface area (Å²) in [5.74, 6) is -1.20. The van der Waals surface area contributed by atoms with Crippen molar-refractivity contribution in [3.05, 3.63) is 0 Å². The Kier molecular flexibility index (Phi) is 6.62. The number of carbonyl (C=O) groups excluding carboxylic acids is 1. The van der Waals surface area contributed by atoms with Crippen molar-refractivity contribution in [1.82, 2.24) is 10.2 Å². The van der Waals surface area contributed by atoms with E-state index in [1.807, 2.05) is 20.8 Å². The topological polar surface area (TPSA) is 41.6 Å². The van der Waals surface area contributed by atoms with Gasteiger partial charge in [-0.3, -0.25) is 0 Å². The van der Waals surface area contributed by atoms with Crippen molar-refractivity contribution >= 4 is 6.09 Å². The normalized spacial score (nSPS) is 28.7. The molecule has 0 spiro atoms. The van der Waals surface area contributed by atoms with E-state index in [0.717, 1.165) is 25.7 Å². The summed E-state index contributed by atoms with van der Waals surface area (Å²) < 4.78 is 44.3. The highest BCUT2D eigenvalue weighted by Gasteiger charge is 2.42. The van der Waals surface area contributed by atoms with Gasteiger partial charge in [-0.2, -0.15) is 13.2 Å². The van der Waals surface area contributed by atoms with Gasteiger partial charge in [-0.15, -0.1) is 0 Å². The number of amides is 1. The lowest BCUT2D eigenvalue weighted by atomic mass is 9.85. The Hall–Kier alpha value is -0.980. The molecule has 1 N–H and O–H groups in total. The maximum Gasteiger partial charge on any atom is 0.410 e. The Bertz CT molecular complexity index is 449. The summed E-state index contributed by atoms with van der Waals surface area (Å²) in [7, 11) is 0. The predicted molar refractivity (Wildman–Crippen MR) is 90.4 cm³/mol. The van der Waals surface area contributed by atoms with Crippen LogP contribution in [0.2, 0.25) is 0 Å². The lowest BCUT2D eigenvalue weighted by molar-refractivity contribution is -0.183. The van der Waals surface area contributed by atoms with Crippen molar-refractivity contribution < 1.29 is 22.7 Å².